The van der Waals surface area contributed by atoms with Crippen molar-refractivity contribution in [1.29, 1.82) is 0 Å². The maximum atomic E-state index is 12.5. The minimum atomic E-state index is -0.405. The zero-order valence-corrected chi connectivity index (χ0v) is 11.8. The number of phenols is 1. The first-order valence-electron chi connectivity index (χ1n) is 6.93. The van der Waals surface area contributed by atoms with Crippen molar-refractivity contribution in [3.05, 3.63) is 64.4 Å². The van der Waals surface area contributed by atoms with Crippen molar-refractivity contribution in [2.45, 2.75) is 0 Å². The number of aromatic nitrogens is 4. The normalized spacial score (nSPS) is 11.7. The van der Waals surface area contributed by atoms with E-state index in [4.69, 9.17) is 0 Å². The molecule has 0 saturated heterocycles. The highest BCUT2D eigenvalue weighted by molar-refractivity contribution is 6.04. The number of nitrogens with zero attached hydrogens (tertiary/aromatic N) is 4. The average molecular weight is 305 g/mol. The summed E-state index contributed by atoms with van der Waals surface area (Å²) in [5.41, 5.74) is 1.75. The highest BCUT2D eigenvalue weighted by atomic mass is 16.3. The summed E-state index contributed by atoms with van der Waals surface area (Å²) in [5.74, 6) is 0.0731. The first-order valence-corrected chi connectivity index (χ1v) is 6.93. The van der Waals surface area contributed by atoms with Gasteiger partial charge in [0.1, 0.15) is 16.8 Å². The van der Waals surface area contributed by atoms with E-state index in [9.17, 15) is 9.90 Å². The number of fused-ring (bicyclic) bond motifs is 3. The molecule has 0 amide bonds. The van der Waals surface area contributed by atoms with Crippen LogP contribution in [-0.4, -0.2) is 31.4 Å². The van der Waals surface area contributed by atoms with Crippen LogP contribution < -0.4 is 5.56 Å². The summed E-state index contributed by atoms with van der Waals surface area (Å²) in [6.07, 6.45) is 1.36. The van der Waals surface area contributed by atoms with E-state index in [-0.39, 0.29) is 5.75 Å². The molecule has 0 aliphatic carbocycles. The molecule has 0 spiro atoms. The fourth-order valence-electron chi connectivity index (χ4n) is 2.40. The van der Waals surface area contributed by atoms with Gasteiger partial charge in [-0.05, 0) is 23.4 Å². The maximum absolute atomic E-state index is 12.5. The van der Waals surface area contributed by atoms with Gasteiger partial charge in [-0.15, -0.1) is 5.10 Å². The van der Waals surface area contributed by atoms with Crippen LogP contribution in [0.1, 0.15) is 5.56 Å². The molecule has 0 fully saturated rings. The Labute approximate surface area is 129 Å². The van der Waals surface area contributed by atoms with Crippen LogP contribution in [0.2, 0.25) is 0 Å². The van der Waals surface area contributed by atoms with Crippen molar-refractivity contribution < 1.29 is 5.11 Å². The van der Waals surface area contributed by atoms with Crippen LogP contribution in [0, 0.1) is 0 Å². The van der Waals surface area contributed by atoms with Gasteiger partial charge >= 0.3 is 5.56 Å². The molecule has 112 valence electrons. The van der Waals surface area contributed by atoms with E-state index in [0.717, 1.165) is 15.7 Å². The molecule has 0 radical (unpaired) electrons. The summed E-state index contributed by atoms with van der Waals surface area (Å²) in [6, 6.07) is 14.2. The van der Waals surface area contributed by atoms with E-state index in [1.165, 1.54) is 12.3 Å². The molecule has 2 heterocycles. The van der Waals surface area contributed by atoms with E-state index in [2.05, 4.69) is 20.4 Å². The number of phenolic OH excluding ortho intramolecular Hbond substituents is 1. The minimum Gasteiger partial charge on any atom is -0.507 e. The van der Waals surface area contributed by atoms with Crippen molar-refractivity contribution in [1.82, 2.24) is 20.1 Å². The van der Waals surface area contributed by atoms with Crippen molar-refractivity contribution in [2.75, 3.05) is 0 Å². The van der Waals surface area contributed by atoms with Crippen molar-refractivity contribution in [2.24, 2.45) is 5.10 Å². The quantitative estimate of drug-likeness (QED) is 0.552. The molecule has 23 heavy (non-hydrogen) atoms. The van der Waals surface area contributed by atoms with Gasteiger partial charge in [0.05, 0.1) is 6.21 Å². The van der Waals surface area contributed by atoms with Crippen molar-refractivity contribution >= 4 is 28.2 Å². The molecule has 7 nitrogen and oxygen atoms in total. The monoisotopic (exact) mass is 305 g/mol. The van der Waals surface area contributed by atoms with Crippen molar-refractivity contribution in [3.8, 4) is 5.75 Å². The van der Waals surface area contributed by atoms with E-state index in [0.29, 0.717) is 16.6 Å². The number of aromatic hydroxyl groups is 1. The van der Waals surface area contributed by atoms with Gasteiger partial charge in [-0.3, -0.25) is 4.79 Å². The average Bonchev–Trinajstić information content (AvgIpc) is 2.95. The number of aromatic amines is 1. The summed E-state index contributed by atoms with van der Waals surface area (Å²) in [6.45, 7) is 0. The lowest BCUT2D eigenvalue weighted by Crippen LogP contribution is -2.20. The molecular weight excluding hydrogens is 294 g/mol. The Morgan fingerprint density at radius 1 is 1.13 bits per heavy atom. The van der Waals surface area contributed by atoms with Gasteiger partial charge in [-0.1, -0.05) is 35.1 Å². The molecule has 2 aromatic carbocycles. The Morgan fingerprint density at radius 2 is 1.91 bits per heavy atom. The largest absolute Gasteiger partial charge is 0.507 e. The lowest BCUT2D eigenvalue weighted by atomic mass is 10.2. The molecule has 0 bridgehead atoms. The Balaban J connectivity index is 1.86. The van der Waals surface area contributed by atoms with Gasteiger partial charge in [0.25, 0.3) is 0 Å². The fourth-order valence-corrected chi connectivity index (χ4v) is 2.40. The summed E-state index contributed by atoms with van der Waals surface area (Å²) in [7, 11) is 0. The molecular formula is C16H11N5O2. The third kappa shape index (κ3) is 2.15. The van der Waals surface area contributed by atoms with Gasteiger partial charge in [-0.25, -0.2) is 0 Å². The Morgan fingerprint density at radius 3 is 2.78 bits per heavy atom. The second-order valence-electron chi connectivity index (χ2n) is 4.98. The highest BCUT2D eigenvalue weighted by Crippen LogP contribution is 2.20. The van der Waals surface area contributed by atoms with Gasteiger partial charge < -0.3 is 10.1 Å². The molecule has 7 heteroatoms. The number of hydrogen-bond acceptors (Lipinski definition) is 5. The van der Waals surface area contributed by atoms with Crippen LogP contribution in [0.5, 0.6) is 5.75 Å². The molecule has 4 rings (SSSR count). The Bertz CT molecular complexity index is 1110. The zero-order chi connectivity index (χ0) is 15.8. The molecule has 2 N–H and O–H groups in total. The molecule has 0 aliphatic rings. The molecule has 2 aromatic heterocycles. The van der Waals surface area contributed by atoms with Crippen LogP contribution in [0.25, 0.3) is 21.9 Å². The van der Waals surface area contributed by atoms with Crippen LogP contribution in [-0.2, 0) is 0 Å². The van der Waals surface area contributed by atoms with Gasteiger partial charge in [0.15, 0.2) is 0 Å². The molecule has 0 saturated carbocycles. The molecule has 0 aliphatic heterocycles. The van der Waals surface area contributed by atoms with E-state index in [1.807, 2.05) is 24.3 Å². The third-order valence-corrected chi connectivity index (χ3v) is 3.55. The zero-order valence-electron chi connectivity index (χ0n) is 11.8. The van der Waals surface area contributed by atoms with E-state index < -0.39 is 5.56 Å². The van der Waals surface area contributed by atoms with Gasteiger partial charge in [0, 0.05) is 16.5 Å². The predicted octanol–water partition coefficient (Wildman–Crippen LogP) is 1.86. The molecule has 0 unspecified atom stereocenters. The van der Waals surface area contributed by atoms with Gasteiger partial charge in [-0.2, -0.15) is 5.10 Å². The van der Waals surface area contributed by atoms with Gasteiger partial charge in [0.2, 0.25) is 0 Å². The first kappa shape index (κ1) is 13.2. The predicted molar refractivity (Wildman–Crippen MR) is 86.8 cm³/mol. The smallest absolute Gasteiger partial charge is 0.315 e. The second kappa shape index (κ2) is 5.06. The summed E-state index contributed by atoms with van der Waals surface area (Å²) in [4.78, 5) is 16.4. The number of hydrogen-bond donors (Lipinski definition) is 2. The molecule has 4 aromatic rings. The summed E-state index contributed by atoms with van der Waals surface area (Å²) < 4.78 is 0. The summed E-state index contributed by atoms with van der Waals surface area (Å²) >= 11 is 0. The number of nitrogens with one attached hydrogen (secondary N) is 1. The van der Waals surface area contributed by atoms with E-state index >= 15 is 0 Å². The lowest BCUT2D eigenvalue weighted by Gasteiger charge is -1.98. The summed E-state index contributed by atoms with van der Waals surface area (Å²) in [5, 5.41) is 22.4. The number of rotatable bonds is 2. The number of benzene rings is 2. The van der Waals surface area contributed by atoms with Crippen molar-refractivity contribution in [3.63, 3.8) is 0 Å². The third-order valence-electron chi connectivity index (χ3n) is 3.55. The molecule has 0 atom stereocenters. The SMILES string of the molecule is O=c1c2[nH]c3ccccc3c2nnn1/N=C/c1ccccc1O. The highest BCUT2D eigenvalue weighted by Gasteiger charge is 2.11. The van der Waals surface area contributed by atoms with Crippen LogP contribution >= 0.6 is 0 Å². The second-order valence-corrected chi connectivity index (χ2v) is 4.98. The Hall–Kier alpha value is -3.48. The topological polar surface area (TPSA) is 96.2 Å². The fraction of sp³-hybridized carbons (Fsp3) is 0. The van der Waals surface area contributed by atoms with Crippen LogP contribution in [0.15, 0.2) is 58.4 Å². The van der Waals surface area contributed by atoms with E-state index in [1.54, 1.807) is 18.2 Å². The van der Waals surface area contributed by atoms with Crippen LogP contribution in [0.4, 0.5) is 0 Å². The van der Waals surface area contributed by atoms with Crippen LogP contribution in [0.3, 0.4) is 0 Å². The lowest BCUT2D eigenvalue weighted by molar-refractivity contribution is 0.474. The standard InChI is InChI=1S/C16H11N5O2/c22-13-8-4-1-5-10(13)9-17-21-16(23)15-14(19-20-21)11-6-2-3-7-12(11)18-15/h1-9,18,22H/b17-9+. The Kier molecular flexibility index (Phi) is 2.90. The number of H-pyrrole nitrogens is 1. The minimum absolute atomic E-state index is 0.0731. The number of para-hydroxylation sites is 2. The maximum Gasteiger partial charge on any atom is 0.315 e. The first-order chi connectivity index (χ1) is 11.2.